The number of imide groups is 1. The molecule has 3 amide bonds. The Kier molecular flexibility index (Phi) is 3.83. The maximum Gasteiger partial charge on any atom is 0.266 e. The topological polar surface area (TPSA) is 66.5 Å². The molecule has 0 spiro atoms. The molecule has 0 bridgehead atoms. The molecule has 0 aliphatic carbocycles. The van der Waals surface area contributed by atoms with Gasteiger partial charge in [0, 0.05) is 12.6 Å². The molecule has 0 saturated carbocycles. The van der Waals surface area contributed by atoms with Crippen LogP contribution in [0.25, 0.3) is 0 Å². The minimum absolute atomic E-state index is 0.203. The number of nitrogens with zero attached hydrogens (tertiary/aromatic N) is 1. The number of carbonyl (C=O) groups excluding carboxylic acids is 3. The van der Waals surface area contributed by atoms with Crippen molar-refractivity contribution in [3.8, 4) is 0 Å². The molecule has 0 radical (unpaired) electrons. The van der Waals surface area contributed by atoms with Crippen LogP contribution in [0.4, 0.5) is 11.4 Å². The monoisotopic (exact) mass is 348 g/mol. The van der Waals surface area contributed by atoms with E-state index in [-0.39, 0.29) is 27.1 Å². The Labute approximate surface area is 141 Å². The highest BCUT2D eigenvalue weighted by atomic mass is 35.5. The lowest BCUT2D eigenvalue weighted by atomic mass is 10.1. The molecule has 116 valence electrons. The second-order valence-electron chi connectivity index (χ2n) is 4.99. The highest BCUT2D eigenvalue weighted by molar-refractivity contribution is 6.44. The van der Waals surface area contributed by atoms with Crippen LogP contribution in [-0.4, -0.2) is 17.7 Å². The van der Waals surface area contributed by atoms with Gasteiger partial charge in [0.1, 0.15) is 0 Å². The second kappa shape index (κ2) is 5.68. The number of anilines is 2. The van der Waals surface area contributed by atoms with Crippen LogP contribution in [0.15, 0.2) is 36.4 Å². The van der Waals surface area contributed by atoms with E-state index in [2.05, 4.69) is 5.32 Å². The quantitative estimate of drug-likeness (QED) is 0.840. The molecule has 3 rings (SSSR count). The summed E-state index contributed by atoms with van der Waals surface area (Å²) in [6.45, 7) is 1.37. The molecule has 1 aliphatic rings. The van der Waals surface area contributed by atoms with E-state index < -0.39 is 11.8 Å². The first-order valence-corrected chi connectivity index (χ1v) is 7.39. The fraction of sp³-hybridized carbons (Fsp3) is 0.0625. The zero-order valence-corrected chi connectivity index (χ0v) is 13.4. The van der Waals surface area contributed by atoms with Crippen molar-refractivity contribution in [2.24, 2.45) is 0 Å². The molecule has 7 heteroatoms. The summed E-state index contributed by atoms with van der Waals surface area (Å²) in [6.07, 6.45) is 0. The third-order valence-electron chi connectivity index (χ3n) is 3.35. The van der Waals surface area contributed by atoms with Gasteiger partial charge >= 0.3 is 0 Å². The van der Waals surface area contributed by atoms with E-state index in [1.807, 2.05) is 0 Å². The fourth-order valence-corrected chi connectivity index (χ4v) is 2.72. The maximum atomic E-state index is 12.5. The SMILES string of the molecule is CC(=O)Nc1cccc(N2C(=O)c3cc(Cl)c(Cl)cc3C2=O)c1. The summed E-state index contributed by atoms with van der Waals surface area (Å²) in [5, 5.41) is 3.02. The van der Waals surface area contributed by atoms with E-state index in [1.54, 1.807) is 24.3 Å². The third kappa shape index (κ3) is 2.69. The average Bonchev–Trinajstić information content (AvgIpc) is 2.71. The van der Waals surface area contributed by atoms with Gasteiger partial charge in [-0.2, -0.15) is 0 Å². The number of hydrogen-bond donors (Lipinski definition) is 1. The summed E-state index contributed by atoms with van der Waals surface area (Å²) in [4.78, 5) is 37.2. The summed E-state index contributed by atoms with van der Waals surface area (Å²) >= 11 is 11.8. The first kappa shape index (κ1) is 15.5. The molecule has 0 aromatic heterocycles. The van der Waals surface area contributed by atoms with Crippen LogP contribution in [0, 0.1) is 0 Å². The summed E-state index contributed by atoms with van der Waals surface area (Å²) in [5.41, 5.74) is 1.25. The van der Waals surface area contributed by atoms with Gasteiger partial charge in [-0.1, -0.05) is 29.3 Å². The summed E-state index contributed by atoms with van der Waals surface area (Å²) in [5.74, 6) is -1.21. The number of amides is 3. The van der Waals surface area contributed by atoms with E-state index in [4.69, 9.17) is 23.2 Å². The van der Waals surface area contributed by atoms with Gasteiger partial charge in [-0.3, -0.25) is 14.4 Å². The first-order chi connectivity index (χ1) is 10.9. The standard InChI is InChI=1S/C16H10Cl2N2O3/c1-8(21)19-9-3-2-4-10(5-9)20-15(22)11-6-13(17)14(18)7-12(11)16(20)23/h2-7H,1H3,(H,19,21). The molecule has 1 aliphatic heterocycles. The Balaban J connectivity index is 2.04. The molecule has 0 saturated heterocycles. The predicted molar refractivity (Wildman–Crippen MR) is 88.3 cm³/mol. The molecule has 1 heterocycles. The van der Waals surface area contributed by atoms with Crippen molar-refractivity contribution in [2.75, 3.05) is 10.2 Å². The molecular weight excluding hydrogens is 339 g/mol. The Hall–Kier alpha value is -2.37. The van der Waals surface area contributed by atoms with Crippen LogP contribution in [0.2, 0.25) is 10.0 Å². The molecule has 5 nitrogen and oxygen atoms in total. The van der Waals surface area contributed by atoms with Crippen molar-refractivity contribution >= 4 is 52.3 Å². The van der Waals surface area contributed by atoms with Crippen molar-refractivity contribution in [3.05, 3.63) is 57.6 Å². The average molecular weight is 349 g/mol. The number of rotatable bonds is 2. The number of carbonyl (C=O) groups is 3. The second-order valence-corrected chi connectivity index (χ2v) is 5.80. The summed E-state index contributed by atoms with van der Waals surface area (Å²) in [6, 6.07) is 9.23. The van der Waals surface area contributed by atoms with Gasteiger partial charge in [-0.15, -0.1) is 0 Å². The molecule has 0 unspecified atom stereocenters. The van der Waals surface area contributed by atoms with Crippen molar-refractivity contribution < 1.29 is 14.4 Å². The van der Waals surface area contributed by atoms with Gasteiger partial charge < -0.3 is 5.32 Å². The van der Waals surface area contributed by atoms with Gasteiger partial charge in [0.2, 0.25) is 5.91 Å². The van der Waals surface area contributed by atoms with Crippen LogP contribution in [-0.2, 0) is 4.79 Å². The van der Waals surface area contributed by atoms with Crippen molar-refractivity contribution in [1.82, 2.24) is 0 Å². The lowest BCUT2D eigenvalue weighted by Gasteiger charge is -2.15. The Morgan fingerprint density at radius 3 is 2.09 bits per heavy atom. The minimum Gasteiger partial charge on any atom is -0.326 e. The van der Waals surface area contributed by atoms with Crippen LogP contribution in [0.3, 0.4) is 0 Å². The number of fused-ring (bicyclic) bond motifs is 1. The lowest BCUT2D eigenvalue weighted by Crippen LogP contribution is -2.29. The lowest BCUT2D eigenvalue weighted by molar-refractivity contribution is -0.114. The molecule has 2 aromatic rings. The van der Waals surface area contributed by atoms with Crippen LogP contribution in [0.1, 0.15) is 27.6 Å². The van der Waals surface area contributed by atoms with E-state index in [1.165, 1.54) is 19.1 Å². The molecule has 2 aromatic carbocycles. The number of nitrogens with one attached hydrogen (secondary N) is 1. The summed E-state index contributed by atoms with van der Waals surface area (Å²) in [7, 11) is 0. The molecule has 1 N–H and O–H groups in total. The normalized spacial score (nSPS) is 13.3. The van der Waals surface area contributed by atoms with Crippen molar-refractivity contribution in [2.45, 2.75) is 6.92 Å². The van der Waals surface area contributed by atoms with E-state index in [0.29, 0.717) is 11.4 Å². The Morgan fingerprint density at radius 1 is 1.00 bits per heavy atom. The Bertz CT molecular complexity index is 823. The Morgan fingerprint density at radius 2 is 1.57 bits per heavy atom. The van der Waals surface area contributed by atoms with Gasteiger partial charge in [0.25, 0.3) is 11.8 Å². The first-order valence-electron chi connectivity index (χ1n) is 6.64. The van der Waals surface area contributed by atoms with Gasteiger partial charge in [-0.25, -0.2) is 4.90 Å². The summed E-state index contributed by atoms with van der Waals surface area (Å²) < 4.78 is 0. The van der Waals surface area contributed by atoms with Crippen LogP contribution >= 0.6 is 23.2 Å². The number of halogens is 2. The molecule has 23 heavy (non-hydrogen) atoms. The van der Waals surface area contributed by atoms with Crippen molar-refractivity contribution in [3.63, 3.8) is 0 Å². The largest absolute Gasteiger partial charge is 0.326 e. The number of hydrogen-bond acceptors (Lipinski definition) is 3. The van der Waals surface area contributed by atoms with Gasteiger partial charge in [0.05, 0.1) is 26.9 Å². The zero-order chi connectivity index (χ0) is 16.7. The third-order valence-corrected chi connectivity index (χ3v) is 4.07. The van der Waals surface area contributed by atoms with Gasteiger partial charge in [-0.05, 0) is 30.3 Å². The van der Waals surface area contributed by atoms with Crippen LogP contribution < -0.4 is 10.2 Å². The van der Waals surface area contributed by atoms with Crippen molar-refractivity contribution in [1.29, 1.82) is 0 Å². The minimum atomic E-state index is -0.483. The predicted octanol–water partition coefficient (Wildman–Crippen LogP) is 3.75. The smallest absolute Gasteiger partial charge is 0.266 e. The van der Waals surface area contributed by atoms with Crippen LogP contribution in [0.5, 0.6) is 0 Å². The highest BCUT2D eigenvalue weighted by Crippen LogP contribution is 2.34. The highest BCUT2D eigenvalue weighted by Gasteiger charge is 2.37. The van der Waals surface area contributed by atoms with E-state index >= 15 is 0 Å². The fourth-order valence-electron chi connectivity index (χ4n) is 2.39. The zero-order valence-electron chi connectivity index (χ0n) is 11.9. The maximum absolute atomic E-state index is 12.5. The van der Waals surface area contributed by atoms with E-state index in [0.717, 1.165) is 4.90 Å². The van der Waals surface area contributed by atoms with E-state index in [9.17, 15) is 14.4 Å². The molecule has 0 fully saturated rings. The number of benzene rings is 2. The van der Waals surface area contributed by atoms with Gasteiger partial charge in [0.15, 0.2) is 0 Å². The molecule has 0 atom stereocenters. The molecular formula is C16H10Cl2N2O3.